The van der Waals surface area contributed by atoms with Gasteiger partial charge in [0.2, 0.25) is 0 Å². The summed E-state index contributed by atoms with van der Waals surface area (Å²) in [6.45, 7) is 0. The zero-order valence-electron chi connectivity index (χ0n) is 3.68. The van der Waals surface area contributed by atoms with Crippen LogP contribution < -0.4 is 0 Å². The Hall–Kier alpha value is 0.350. The molecule has 34 valence electrons. The van der Waals surface area contributed by atoms with Gasteiger partial charge in [-0.2, -0.15) is 11.8 Å². The van der Waals surface area contributed by atoms with E-state index in [0.29, 0.717) is 0 Å². The molecule has 6 heavy (non-hydrogen) atoms. The second-order valence-electron chi connectivity index (χ2n) is 2.29. The summed E-state index contributed by atoms with van der Waals surface area (Å²) in [6.07, 6.45) is 1.56. The van der Waals surface area contributed by atoms with Gasteiger partial charge in [-0.25, -0.2) is 0 Å². The second-order valence-corrected chi connectivity index (χ2v) is 3.37. The summed E-state index contributed by atoms with van der Waals surface area (Å²) in [7, 11) is 0. The molecule has 0 bridgehead atoms. The quantitative estimate of drug-likeness (QED) is 0.443. The second kappa shape index (κ2) is 0.945. The van der Waals surface area contributed by atoms with Gasteiger partial charge in [-0.1, -0.05) is 0 Å². The van der Waals surface area contributed by atoms with Gasteiger partial charge in [-0.3, -0.25) is 0 Å². The number of hydrogen-bond acceptors (Lipinski definition) is 1. The van der Waals surface area contributed by atoms with E-state index >= 15 is 0 Å². The van der Waals surface area contributed by atoms with Crippen LogP contribution in [-0.4, -0.2) is 11.5 Å². The van der Waals surface area contributed by atoms with Crippen molar-refractivity contribution in [1.29, 1.82) is 0 Å². The van der Waals surface area contributed by atoms with Crippen LogP contribution in [0.2, 0.25) is 0 Å². The van der Waals surface area contributed by atoms with Gasteiger partial charge in [0.25, 0.3) is 0 Å². The van der Waals surface area contributed by atoms with Crippen LogP contribution >= 0.6 is 11.8 Å². The predicted octanol–water partition coefficient (Wildman–Crippen LogP) is 1.37. The predicted molar refractivity (Wildman–Crippen MR) is 28.9 cm³/mol. The molecule has 2 fully saturated rings. The molecule has 0 nitrogen and oxygen atoms in total. The highest BCUT2D eigenvalue weighted by molar-refractivity contribution is 7.99. The Balaban J connectivity index is 2.09. The molecule has 2 atom stereocenters. The summed E-state index contributed by atoms with van der Waals surface area (Å²) < 4.78 is 0. The smallest absolute Gasteiger partial charge is 0.00360 e. The Morgan fingerprint density at radius 1 is 1.17 bits per heavy atom. The van der Waals surface area contributed by atoms with Crippen molar-refractivity contribution in [2.45, 2.75) is 6.42 Å². The number of thioether (sulfide) groups is 1. The molecule has 0 amide bonds. The lowest BCUT2D eigenvalue weighted by molar-refractivity contribution is 0.895. The van der Waals surface area contributed by atoms with E-state index < -0.39 is 0 Å². The van der Waals surface area contributed by atoms with Crippen LogP contribution in [0.5, 0.6) is 0 Å². The summed E-state index contributed by atoms with van der Waals surface area (Å²) in [5, 5.41) is 0. The van der Waals surface area contributed by atoms with E-state index in [2.05, 4.69) is 11.8 Å². The molecule has 1 saturated carbocycles. The lowest BCUT2D eigenvalue weighted by Crippen LogP contribution is -1.69. The van der Waals surface area contributed by atoms with Crippen LogP contribution in [0.4, 0.5) is 0 Å². The summed E-state index contributed by atoms with van der Waals surface area (Å²) in [4.78, 5) is 0. The fraction of sp³-hybridized carbons (Fsp3) is 1.00. The molecule has 0 aromatic rings. The third kappa shape index (κ3) is 0.320. The molecule has 0 radical (unpaired) electrons. The topological polar surface area (TPSA) is 0 Å². The Morgan fingerprint density at radius 2 is 1.83 bits per heavy atom. The Kier molecular flexibility index (Phi) is 0.530. The first-order valence-electron chi connectivity index (χ1n) is 2.54. The molecule has 1 aliphatic heterocycles. The van der Waals surface area contributed by atoms with E-state index in [0.717, 1.165) is 0 Å². The van der Waals surface area contributed by atoms with Crippen LogP contribution in [-0.2, 0) is 0 Å². The van der Waals surface area contributed by atoms with E-state index in [1.54, 1.807) is 6.42 Å². The van der Waals surface area contributed by atoms with Crippen molar-refractivity contribution in [3.05, 3.63) is 0 Å². The molecule has 1 unspecified atom stereocenters. The largest absolute Gasteiger partial charge is 0.161 e. The molecule has 1 aliphatic carbocycles. The molecule has 1 heteroatoms. The average molecular weight is 100 g/mol. The highest BCUT2D eigenvalue weighted by Crippen LogP contribution is 2.48. The third-order valence-electron chi connectivity index (χ3n) is 1.73. The summed E-state index contributed by atoms with van der Waals surface area (Å²) >= 11 is 2.13. The van der Waals surface area contributed by atoms with Crippen molar-refractivity contribution < 1.29 is 0 Å². The maximum Gasteiger partial charge on any atom is -0.00360 e. The Bertz CT molecular complexity index is 62.3. The Labute approximate surface area is 42.3 Å². The first kappa shape index (κ1) is 3.36. The molecule has 0 spiro atoms. The SMILES string of the molecule is C1SC[C@H]2CC12. The molecular formula is C5H8S. The van der Waals surface area contributed by atoms with E-state index in [1.165, 1.54) is 23.3 Å². The minimum Gasteiger partial charge on any atom is -0.161 e. The molecule has 2 aliphatic rings. The number of fused-ring (bicyclic) bond motifs is 1. The minimum atomic E-state index is 1.18. The molecule has 0 N–H and O–H groups in total. The van der Waals surface area contributed by atoms with E-state index in [1.807, 2.05) is 0 Å². The van der Waals surface area contributed by atoms with Crippen molar-refractivity contribution in [2.75, 3.05) is 11.5 Å². The first-order valence-corrected chi connectivity index (χ1v) is 3.70. The highest BCUT2D eigenvalue weighted by Gasteiger charge is 2.41. The summed E-state index contributed by atoms with van der Waals surface area (Å²) in [6, 6.07) is 0. The normalized spacial score (nSPS) is 52.0. The van der Waals surface area contributed by atoms with Crippen molar-refractivity contribution in [2.24, 2.45) is 11.8 Å². The van der Waals surface area contributed by atoms with Gasteiger partial charge in [0.05, 0.1) is 0 Å². The summed E-state index contributed by atoms with van der Waals surface area (Å²) in [5.41, 5.74) is 0. The van der Waals surface area contributed by atoms with E-state index in [4.69, 9.17) is 0 Å². The third-order valence-corrected chi connectivity index (χ3v) is 3.06. The maximum atomic E-state index is 2.13. The zero-order chi connectivity index (χ0) is 3.98. The van der Waals surface area contributed by atoms with Crippen LogP contribution in [0.1, 0.15) is 6.42 Å². The number of rotatable bonds is 0. The molecule has 0 aromatic heterocycles. The first-order chi connectivity index (χ1) is 2.97. The van der Waals surface area contributed by atoms with E-state index in [9.17, 15) is 0 Å². The van der Waals surface area contributed by atoms with Gasteiger partial charge in [0.1, 0.15) is 0 Å². The fourth-order valence-corrected chi connectivity index (χ4v) is 2.65. The van der Waals surface area contributed by atoms with Gasteiger partial charge >= 0.3 is 0 Å². The molecule has 2 rings (SSSR count). The van der Waals surface area contributed by atoms with Gasteiger partial charge < -0.3 is 0 Å². The van der Waals surface area contributed by atoms with Crippen LogP contribution in [0, 0.1) is 11.8 Å². The monoisotopic (exact) mass is 100 g/mol. The Morgan fingerprint density at radius 3 is 2.00 bits per heavy atom. The lowest BCUT2D eigenvalue weighted by Gasteiger charge is -1.82. The zero-order valence-corrected chi connectivity index (χ0v) is 4.50. The molecule has 1 saturated heterocycles. The molecule has 0 aromatic carbocycles. The average Bonchev–Trinajstić information content (AvgIpc) is 2.17. The lowest BCUT2D eigenvalue weighted by atomic mass is 10.4. The van der Waals surface area contributed by atoms with Crippen LogP contribution in [0.25, 0.3) is 0 Å². The van der Waals surface area contributed by atoms with Gasteiger partial charge in [0, 0.05) is 0 Å². The molecular weight excluding hydrogens is 92.1 g/mol. The minimum absolute atomic E-state index is 1.18. The van der Waals surface area contributed by atoms with E-state index in [-0.39, 0.29) is 0 Å². The van der Waals surface area contributed by atoms with Crippen molar-refractivity contribution in [3.8, 4) is 0 Å². The van der Waals surface area contributed by atoms with Gasteiger partial charge in [-0.05, 0) is 29.8 Å². The highest BCUT2D eigenvalue weighted by atomic mass is 32.2. The van der Waals surface area contributed by atoms with Crippen molar-refractivity contribution in [1.82, 2.24) is 0 Å². The van der Waals surface area contributed by atoms with Crippen LogP contribution in [0.15, 0.2) is 0 Å². The standard InChI is InChI=1S/C5H8S/c1-4-2-6-3-5(1)4/h4-5H,1-3H2/t4-,5?/m1/s1. The van der Waals surface area contributed by atoms with Gasteiger partial charge in [-0.15, -0.1) is 0 Å². The maximum absolute atomic E-state index is 2.13. The fourth-order valence-electron chi connectivity index (χ4n) is 1.09. The van der Waals surface area contributed by atoms with Crippen LogP contribution in [0.3, 0.4) is 0 Å². The number of hydrogen-bond donors (Lipinski definition) is 0. The molecule has 1 heterocycles. The van der Waals surface area contributed by atoms with Crippen molar-refractivity contribution in [3.63, 3.8) is 0 Å². The van der Waals surface area contributed by atoms with Crippen molar-refractivity contribution >= 4 is 11.8 Å². The van der Waals surface area contributed by atoms with Gasteiger partial charge in [0.15, 0.2) is 0 Å². The summed E-state index contributed by atoms with van der Waals surface area (Å²) in [5.74, 6) is 5.31.